The minimum Gasteiger partial charge on any atom is -0.497 e. The lowest BCUT2D eigenvalue weighted by Crippen LogP contribution is -2.26. The molecule has 30 heavy (non-hydrogen) atoms. The third-order valence-electron chi connectivity index (χ3n) is 4.33. The lowest BCUT2D eigenvalue weighted by Gasteiger charge is -2.12. The molecule has 1 heterocycles. The largest absolute Gasteiger partial charge is 0.497 e. The van der Waals surface area contributed by atoms with E-state index in [0.717, 1.165) is 4.88 Å². The number of ether oxygens (including phenoxy) is 2. The van der Waals surface area contributed by atoms with Crippen molar-refractivity contribution in [1.29, 1.82) is 0 Å². The first-order valence-electron chi connectivity index (χ1n) is 9.08. The van der Waals surface area contributed by atoms with E-state index in [-0.39, 0.29) is 10.8 Å². The minimum atomic E-state index is -3.64. The summed E-state index contributed by atoms with van der Waals surface area (Å²) in [5.41, 5.74) is 0.806. The Bertz CT molecular complexity index is 1090. The Labute approximate surface area is 179 Å². The molecule has 9 heteroatoms. The van der Waals surface area contributed by atoms with Gasteiger partial charge in [0.1, 0.15) is 11.5 Å². The van der Waals surface area contributed by atoms with E-state index in [1.165, 1.54) is 31.4 Å². The van der Waals surface area contributed by atoms with E-state index in [4.69, 9.17) is 9.47 Å². The summed E-state index contributed by atoms with van der Waals surface area (Å²) in [7, 11) is -0.607. The molecule has 3 rings (SSSR count). The van der Waals surface area contributed by atoms with E-state index in [0.29, 0.717) is 35.7 Å². The SMILES string of the molecule is COc1ccc(NC(=O)c2ccc(S(=O)(=O)NCCc3cccs3)cc2)c(OC)c1. The van der Waals surface area contributed by atoms with Crippen molar-refractivity contribution in [3.05, 3.63) is 70.4 Å². The van der Waals surface area contributed by atoms with Crippen molar-refractivity contribution < 1.29 is 22.7 Å². The average molecular weight is 447 g/mol. The fourth-order valence-electron chi connectivity index (χ4n) is 2.73. The van der Waals surface area contributed by atoms with Gasteiger partial charge in [-0.25, -0.2) is 13.1 Å². The quantitative estimate of drug-likeness (QED) is 0.524. The van der Waals surface area contributed by atoms with Crippen LogP contribution >= 0.6 is 11.3 Å². The molecule has 0 saturated heterocycles. The third kappa shape index (κ3) is 5.38. The molecular weight excluding hydrogens is 424 g/mol. The van der Waals surface area contributed by atoms with Gasteiger partial charge in [0.2, 0.25) is 10.0 Å². The fourth-order valence-corrected chi connectivity index (χ4v) is 4.47. The normalized spacial score (nSPS) is 11.1. The second-order valence-electron chi connectivity index (χ2n) is 6.27. The van der Waals surface area contributed by atoms with Gasteiger partial charge < -0.3 is 14.8 Å². The zero-order valence-corrected chi connectivity index (χ0v) is 18.2. The number of hydrogen-bond acceptors (Lipinski definition) is 6. The van der Waals surface area contributed by atoms with Gasteiger partial charge in [-0.1, -0.05) is 6.07 Å². The van der Waals surface area contributed by atoms with Crippen LogP contribution in [0, 0.1) is 0 Å². The van der Waals surface area contributed by atoms with E-state index in [9.17, 15) is 13.2 Å². The van der Waals surface area contributed by atoms with Gasteiger partial charge in [0.05, 0.1) is 24.8 Å². The maximum absolute atomic E-state index is 12.5. The van der Waals surface area contributed by atoms with Crippen LogP contribution in [0.25, 0.3) is 0 Å². The molecular formula is C21H22N2O5S2. The van der Waals surface area contributed by atoms with Crippen LogP contribution in [0.5, 0.6) is 11.5 Å². The van der Waals surface area contributed by atoms with Crippen molar-refractivity contribution in [3.8, 4) is 11.5 Å². The highest BCUT2D eigenvalue weighted by Crippen LogP contribution is 2.29. The first-order valence-corrected chi connectivity index (χ1v) is 11.4. The first-order chi connectivity index (χ1) is 14.4. The molecule has 7 nitrogen and oxygen atoms in total. The van der Waals surface area contributed by atoms with Crippen LogP contribution in [0.3, 0.4) is 0 Å². The number of anilines is 1. The Kier molecular flexibility index (Phi) is 7.09. The summed E-state index contributed by atoms with van der Waals surface area (Å²) >= 11 is 1.58. The van der Waals surface area contributed by atoms with Crippen molar-refractivity contribution in [2.45, 2.75) is 11.3 Å². The maximum atomic E-state index is 12.5. The van der Waals surface area contributed by atoms with Gasteiger partial charge in [0.25, 0.3) is 5.91 Å². The summed E-state index contributed by atoms with van der Waals surface area (Å²) in [6.45, 7) is 0.308. The Morgan fingerprint density at radius 3 is 2.43 bits per heavy atom. The molecule has 158 valence electrons. The summed E-state index contributed by atoms with van der Waals surface area (Å²) < 4.78 is 37.9. The number of hydrogen-bond donors (Lipinski definition) is 2. The van der Waals surface area contributed by atoms with Crippen LogP contribution in [0.4, 0.5) is 5.69 Å². The predicted molar refractivity (Wildman–Crippen MR) is 117 cm³/mol. The van der Waals surface area contributed by atoms with Gasteiger partial charge in [-0.15, -0.1) is 11.3 Å². The zero-order chi connectivity index (χ0) is 21.6. The molecule has 2 N–H and O–H groups in total. The number of amides is 1. The van der Waals surface area contributed by atoms with Gasteiger partial charge in [0, 0.05) is 23.1 Å². The number of methoxy groups -OCH3 is 2. The fraction of sp³-hybridized carbons (Fsp3) is 0.190. The van der Waals surface area contributed by atoms with E-state index in [1.807, 2.05) is 17.5 Å². The topological polar surface area (TPSA) is 93.7 Å². The molecule has 0 spiro atoms. The Balaban J connectivity index is 1.65. The van der Waals surface area contributed by atoms with Crippen LogP contribution < -0.4 is 19.5 Å². The Morgan fingerprint density at radius 1 is 1.03 bits per heavy atom. The average Bonchev–Trinajstić information content (AvgIpc) is 3.27. The zero-order valence-electron chi connectivity index (χ0n) is 16.5. The van der Waals surface area contributed by atoms with Crippen LogP contribution in [0.1, 0.15) is 15.2 Å². The molecule has 0 aliphatic rings. The van der Waals surface area contributed by atoms with Gasteiger partial charge in [-0.2, -0.15) is 0 Å². The molecule has 0 unspecified atom stereocenters. The van der Waals surface area contributed by atoms with Crippen LogP contribution in [-0.4, -0.2) is 35.1 Å². The van der Waals surface area contributed by atoms with Gasteiger partial charge in [-0.05, 0) is 54.3 Å². The van der Waals surface area contributed by atoms with Crippen LogP contribution in [0.2, 0.25) is 0 Å². The van der Waals surface area contributed by atoms with Crippen molar-refractivity contribution in [2.24, 2.45) is 0 Å². The molecule has 0 bridgehead atoms. The highest BCUT2D eigenvalue weighted by Gasteiger charge is 2.16. The second-order valence-corrected chi connectivity index (χ2v) is 9.07. The van der Waals surface area contributed by atoms with E-state index >= 15 is 0 Å². The van der Waals surface area contributed by atoms with Crippen molar-refractivity contribution >= 4 is 33.0 Å². The summed E-state index contributed by atoms with van der Waals surface area (Å²) in [5, 5.41) is 4.71. The summed E-state index contributed by atoms with van der Waals surface area (Å²) in [6.07, 6.45) is 0.626. The van der Waals surface area contributed by atoms with Crippen molar-refractivity contribution in [2.75, 3.05) is 26.1 Å². The minimum absolute atomic E-state index is 0.104. The van der Waals surface area contributed by atoms with Crippen LogP contribution in [-0.2, 0) is 16.4 Å². The molecule has 3 aromatic rings. The molecule has 0 radical (unpaired) electrons. The molecule has 1 aromatic heterocycles. The van der Waals surface area contributed by atoms with Gasteiger partial charge >= 0.3 is 0 Å². The molecule has 2 aromatic carbocycles. The highest BCUT2D eigenvalue weighted by atomic mass is 32.2. The number of rotatable bonds is 9. The Morgan fingerprint density at radius 2 is 1.80 bits per heavy atom. The third-order valence-corrected chi connectivity index (χ3v) is 6.74. The standard InChI is InChI=1S/C21H22N2O5S2/c1-27-16-7-10-19(20(14-16)28-2)23-21(24)15-5-8-18(9-6-15)30(25,26)22-12-11-17-4-3-13-29-17/h3-10,13-14,22H,11-12H2,1-2H3,(H,23,24). The molecule has 1 amide bonds. The molecule has 0 atom stereocenters. The molecule has 0 saturated carbocycles. The molecule has 0 aliphatic heterocycles. The van der Waals surface area contributed by atoms with E-state index < -0.39 is 10.0 Å². The number of sulfonamides is 1. The summed E-state index contributed by atoms with van der Waals surface area (Å²) in [6, 6.07) is 14.7. The molecule has 0 aliphatic carbocycles. The monoisotopic (exact) mass is 446 g/mol. The number of benzene rings is 2. The van der Waals surface area contributed by atoms with Gasteiger partial charge in [0.15, 0.2) is 0 Å². The number of carbonyl (C=O) groups is 1. The lowest BCUT2D eigenvalue weighted by molar-refractivity contribution is 0.102. The molecule has 0 fully saturated rings. The number of carbonyl (C=O) groups excluding carboxylic acids is 1. The summed E-state index contributed by atoms with van der Waals surface area (Å²) in [4.78, 5) is 13.8. The van der Waals surface area contributed by atoms with Gasteiger partial charge in [-0.3, -0.25) is 4.79 Å². The first kappa shape index (κ1) is 21.8. The number of thiophene rings is 1. The lowest BCUT2D eigenvalue weighted by atomic mass is 10.2. The maximum Gasteiger partial charge on any atom is 0.255 e. The van der Waals surface area contributed by atoms with Crippen LogP contribution in [0.15, 0.2) is 64.9 Å². The highest BCUT2D eigenvalue weighted by molar-refractivity contribution is 7.89. The number of nitrogens with one attached hydrogen (secondary N) is 2. The smallest absolute Gasteiger partial charge is 0.255 e. The predicted octanol–water partition coefficient (Wildman–Crippen LogP) is 3.54. The van der Waals surface area contributed by atoms with Crippen molar-refractivity contribution in [1.82, 2.24) is 4.72 Å². The van der Waals surface area contributed by atoms with E-state index in [2.05, 4.69) is 10.0 Å². The second kappa shape index (κ2) is 9.75. The van der Waals surface area contributed by atoms with E-state index in [1.54, 1.807) is 36.6 Å². The Hall–Kier alpha value is -2.88. The van der Waals surface area contributed by atoms with Crippen molar-refractivity contribution in [3.63, 3.8) is 0 Å². The summed E-state index contributed by atoms with van der Waals surface area (Å²) in [5.74, 6) is 0.677.